The summed E-state index contributed by atoms with van der Waals surface area (Å²) < 4.78 is 6.24. The van der Waals surface area contributed by atoms with Gasteiger partial charge in [-0.25, -0.2) is 9.97 Å². The van der Waals surface area contributed by atoms with Crippen LogP contribution in [0.3, 0.4) is 0 Å². The van der Waals surface area contributed by atoms with Gasteiger partial charge in [-0.3, -0.25) is 9.88 Å². The van der Waals surface area contributed by atoms with Gasteiger partial charge in [0.2, 0.25) is 5.95 Å². The first-order valence-electron chi connectivity index (χ1n) is 9.01. The Morgan fingerprint density at radius 2 is 2.20 bits per heavy atom. The highest BCUT2D eigenvalue weighted by molar-refractivity contribution is 5.26. The molecule has 6 nitrogen and oxygen atoms in total. The second-order valence-corrected chi connectivity index (χ2v) is 7.27. The number of likely N-dealkylation sites (tertiary alicyclic amines) is 1. The van der Waals surface area contributed by atoms with Crippen molar-refractivity contribution in [3.63, 3.8) is 0 Å². The summed E-state index contributed by atoms with van der Waals surface area (Å²) >= 11 is 0. The summed E-state index contributed by atoms with van der Waals surface area (Å²) in [5.41, 5.74) is 2.30. The predicted octanol–water partition coefficient (Wildman–Crippen LogP) is 2.42. The zero-order valence-electron chi connectivity index (χ0n) is 14.7. The summed E-state index contributed by atoms with van der Waals surface area (Å²) in [7, 11) is 0. The van der Waals surface area contributed by atoms with E-state index < -0.39 is 0 Å². The summed E-state index contributed by atoms with van der Waals surface area (Å²) in [4.78, 5) is 15.4. The lowest BCUT2D eigenvalue weighted by Gasteiger charge is -2.38. The fourth-order valence-electron chi connectivity index (χ4n) is 3.90. The van der Waals surface area contributed by atoms with Crippen molar-refractivity contribution in [2.75, 3.05) is 25.0 Å². The standard InChI is InChI=1S/C19H25N5O/c1-15-10-21-18(22-11-15)23-17-4-8-25-19(9-17)5-7-24(14-19)13-16-3-2-6-20-12-16/h2-3,6,10-12,17H,4-5,7-9,13-14H2,1H3,(H,21,22,23)/t17-,19-/m1/s1. The van der Waals surface area contributed by atoms with Crippen LogP contribution in [0.4, 0.5) is 5.95 Å². The molecular formula is C19H25N5O. The van der Waals surface area contributed by atoms with Crippen molar-refractivity contribution >= 4 is 5.95 Å². The van der Waals surface area contributed by atoms with Gasteiger partial charge in [0.15, 0.2) is 0 Å². The maximum Gasteiger partial charge on any atom is 0.222 e. The molecule has 1 spiro atoms. The fourth-order valence-corrected chi connectivity index (χ4v) is 3.90. The number of ether oxygens (including phenoxy) is 1. The van der Waals surface area contributed by atoms with Crippen LogP contribution in [0.1, 0.15) is 30.4 Å². The predicted molar refractivity (Wildman–Crippen MR) is 96.2 cm³/mol. The average Bonchev–Trinajstić information content (AvgIpc) is 3.00. The van der Waals surface area contributed by atoms with Crippen LogP contribution in [-0.2, 0) is 11.3 Å². The summed E-state index contributed by atoms with van der Waals surface area (Å²) in [5.74, 6) is 0.720. The Morgan fingerprint density at radius 1 is 1.32 bits per heavy atom. The van der Waals surface area contributed by atoms with Gasteiger partial charge in [0.1, 0.15) is 0 Å². The van der Waals surface area contributed by atoms with Crippen LogP contribution >= 0.6 is 0 Å². The monoisotopic (exact) mass is 339 g/mol. The number of aromatic nitrogens is 3. The quantitative estimate of drug-likeness (QED) is 0.923. The molecule has 2 fully saturated rings. The van der Waals surface area contributed by atoms with E-state index in [1.54, 1.807) is 0 Å². The molecule has 0 amide bonds. The Morgan fingerprint density at radius 3 is 3.00 bits per heavy atom. The van der Waals surface area contributed by atoms with Gasteiger partial charge >= 0.3 is 0 Å². The van der Waals surface area contributed by atoms with Crippen LogP contribution in [0.2, 0.25) is 0 Å². The highest BCUT2D eigenvalue weighted by Gasteiger charge is 2.43. The molecule has 4 rings (SSSR count). The third-order valence-corrected chi connectivity index (χ3v) is 5.13. The zero-order valence-corrected chi connectivity index (χ0v) is 14.7. The average molecular weight is 339 g/mol. The Hall–Kier alpha value is -2.05. The van der Waals surface area contributed by atoms with Gasteiger partial charge in [0.05, 0.1) is 5.60 Å². The smallest absolute Gasteiger partial charge is 0.222 e. The number of nitrogens with zero attached hydrogens (tertiary/aromatic N) is 4. The molecule has 0 bridgehead atoms. The Labute approximate surface area is 148 Å². The van der Waals surface area contributed by atoms with E-state index >= 15 is 0 Å². The Bertz CT molecular complexity index is 693. The van der Waals surface area contributed by atoms with Crippen molar-refractivity contribution in [1.29, 1.82) is 0 Å². The summed E-state index contributed by atoms with van der Waals surface area (Å²) in [5, 5.41) is 3.49. The number of rotatable bonds is 4. The Kier molecular flexibility index (Phi) is 4.63. The minimum atomic E-state index is -0.0389. The molecule has 0 unspecified atom stereocenters. The van der Waals surface area contributed by atoms with E-state index in [1.807, 2.05) is 37.8 Å². The summed E-state index contributed by atoms with van der Waals surface area (Å²) in [6.07, 6.45) is 10.6. The molecule has 0 aliphatic carbocycles. The molecule has 0 saturated carbocycles. The highest BCUT2D eigenvalue weighted by Crippen LogP contribution is 2.35. The van der Waals surface area contributed by atoms with E-state index in [4.69, 9.17) is 4.74 Å². The van der Waals surface area contributed by atoms with Crippen molar-refractivity contribution in [2.24, 2.45) is 0 Å². The third-order valence-electron chi connectivity index (χ3n) is 5.13. The van der Waals surface area contributed by atoms with Crippen molar-refractivity contribution in [3.8, 4) is 0 Å². The molecule has 0 radical (unpaired) electrons. The summed E-state index contributed by atoms with van der Waals surface area (Å²) in [6, 6.07) is 4.51. The first-order valence-corrected chi connectivity index (χ1v) is 9.01. The van der Waals surface area contributed by atoms with Crippen LogP contribution in [0.25, 0.3) is 0 Å². The van der Waals surface area contributed by atoms with E-state index in [1.165, 1.54) is 5.56 Å². The second kappa shape index (κ2) is 7.06. The number of anilines is 1. The van der Waals surface area contributed by atoms with Crippen LogP contribution in [0, 0.1) is 6.92 Å². The van der Waals surface area contributed by atoms with Gasteiger partial charge in [-0.15, -0.1) is 0 Å². The van der Waals surface area contributed by atoms with Crippen LogP contribution in [0.15, 0.2) is 36.9 Å². The van der Waals surface area contributed by atoms with E-state index in [2.05, 4.69) is 31.2 Å². The maximum atomic E-state index is 6.24. The normalized spacial score (nSPS) is 26.8. The molecule has 4 heterocycles. The minimum Gasteiger partial charge on any atom is -0.373 e. The van der Waals surface area contributed by atoms with E-state index in [0.717, 1.165) is 57.0 Å². The highest BCUT2D eigenvalue weighted by atomic mass is 16.5. The van der Waals surface area contributed by atoms with E-state index in [9.17, 15) is 0 Å². The molecule has 2 aliphatic rings. The zero-order chi connectivity index (χ0) is 17.1. The topological polar surface area (TPSA) is 63.2 Å². The van der Waals surface area contributed by atoms with Crippen molar-refractivity contribution in [3.05, 3.63) is 48.0 Å². The number of hydrogen-bond acceptors (Lipinski definition) is 6. The first kappa shape index (κ1) is 16.4. The third kappa shape index (κ3) is 3.96. The molecule has 2 aliphatic heterocycles. The van der Waals surface area contributed by atoms with Crippen LogP contribution < -0.4 is 5.32 Å². The largest absolute Gasteiger partial charge is 0.373 e. The maximum absolute atomic E-state index is 6.24. The second-order valence-electron chi connectivity index (χ2n) is 7.27. The number of pyridine rings is 1. The lowest BCUT2D eigenvalue weighted by molar-refractivity contribution is -0.0737. The lowest BCUT2D eigenvalue weighted by atomic mass is 9.89. The van der Waals surface area contributed by atoms with E-state index in [0.29, 0.717) is 6.04 Å². The Balaban J connectivity index is 1.36. The molecule has 2 saturated heterocycles. The van der Waals surface area contributed by atoms with Crippen molar-refractivity contribution in [1.82, 2.24) is 19.9 Å². The molecule has 2 aromatic rings. The van der Waals surface area contributed by atoms with Crippen molar-refractivity contribution < 1.29 is 4.74 Å². The molecule has 0 aromatic carbocycles. The SMILES string of the molecule is Cc1cnc(N[C@@H]2CCO[C@]3(CCN(Cc4cccnc4)C3)C2)nc1. The first-order chi connectivity index (χ1) is 12.2. The molecule has 1 N–H and O–H groups in total. The number of aryl methyl sites for hydroxylation is 1. The molecular weight excluding hydrogens is 314 g/mol. The van der Waals surface area contributed by atoms with E-state index in [-0.39, 0.29) is 5.60 Å². The van der Waals surface area contributed by atoms with Crippen LogP contribution in [0.5, 0.6) is 0 Å². The number of nitrogens with one attached hydrogen (secondary N) is 1. The van der Waals surface area contributed by atoms with Gasteiger partial charge in [-0.2, -0.15) is 0 Å². The lowest BCUT2D eigenvalue weighted by Crippen LogP contribution is -2.46. The molecule has 2 atom stereocenters. The molecule has 6 heteroatoms. The van der Waals surface area contributed by atoms with Crippen LogP contribution in [-0.4, -0.2) is 51.2 Å². The van der Waals surface area contributed by atoms with Gasteiger partial charge in [0, 0.05) is 57.1 Å². The van der Waals surface area contributed by atoms with Gasteiger partial charge in [0.25, 0.3) is 0 Å². The summed E-state index contributed by atoms with van der Waals surface area (Å²) in [6.45, 7) is 5.79. The van der Waals surface area contributed by atoms with Gasteiger partial charge in [-0.1, -0.05) is 6.07 Å². The van der Waals surface area contributed by atoms with Crippen molar-refractivity contribution in [2.45, 2.75) is 44.4 Å². The van der Waals surface area contributed by atoms with Gasteiger partial charge in [-0.05, 0) is 43.4 Å². The molecule has 132 valence electrons. The molecule has 25 heavy (non-hydrogen) atoms. The van der Waals surface area contributed by atoms with Gasteiger partial charge < -0.3 is 10.1 Å². The fraction of sp³-hybridized carbons (Fsp3) is 0.526. The molecule has 2 aromatic heterocycles. The minimum absolute atomic E-state index is 0.0389. The number of hydrogen-bond donors (Lipinski definition) is 1.